The molecular weight excluding hydrogens is 162 g/mol. The van der Waals surface area contributed by atoms with Gasteiger partial charge in [-0.25, -0.2) is 0 Å². The second kappa shape index (κ2) is 5.03. The Morgan fingerprint density at radius 1 is 1.17 bits per heavy atom. The van der Waals surface area contributed by atoms with E-state index in [2.05, 4.69) is 45.4 Å². The predicted molar refractivity (Wildman–Crippen MR) is 60.2 cm³/mol. The smallest absolute Gasteiger partial charge is 0.105 e. The molecule has 0 unspecified atom stereocenters. The van der Waals surface area contributed by atoms with Gasteiger partial charge in [0.05, 0.1) is 0 Å². The van der Waals surface area contributed by atoms with E-state index < -0.39 is 8.96 Å². The van der Waals surface area contributed by atoms with Crippen molar-refractivity contribution in [2.75, 3.05) is 13.1 Å². The molecule has 0 aromatic carbocycles. The van der Waals surface area contributed by atoms with Crippen LogP contribution in [0.2, 0.25) is 13.1 Å². The predicted octanol–water partition coefficient (Wildman–Crippen LogP) is 2.73. The molecule has 0 fully saturated rings. The number of hydrogen-bond acceptors (Lipinski definition) is 1. The van der Waals surface area contributed by atoms with Gasteiger partial charge in [0.2, 0.25) is 0 Å². The van der Waals surface area contributed by atoms with Crippen LogP contribution in [-0.2, 0) is 0 Å². The molecule has 0 aliphatic rings. The van der Waals surface area contributed by atoms with Crippen molar-refractivity contribution < 1.29 is 0 Å². The van der Waals surface area contributed by atoms with Crippen molar-refractivity contribution in [2.24, 2.45) is 5.41 Å². The lowest BCUT2D eigenvalue weighted by Gasteiger charge is -2.28. The number of nitrogens with zero attached hydrogens (tertiary/aromatic N) is 1. The Morgan fingerprint density at radius 2 is 1.67 bits per heavy atom. The van der Waals surface area contributed by atoms with Gasteiger partial charge in [-0.2, -0.15) is 0 Å². The molecule has 12 heavy (non-hydrogen) atoms. The van der Waals surface area contributed by atoms with Crippen molar-refractivity contribution in [3.8, 4) is 0 Å². The molecule has 0 bridgehead atoms. The maximum absolute atomic E-state index is 2.66. The average molecular weight is 187 g/mol. The molecule has 0 heterocycles. The summed E-state index contributed by atoms with van der Waals surface area (Å²) >= 11 is 0. The highest BCUT2D eigenvalue weighted by Gasteiger charge is 2.14. The zero-order chi connectivity index (χ0) is 9.78. The third kappa shape index (κ3) is 5.78. The van der Waals surface area contributed by atoms with Gasteiger partial charge in [-0.15, -0.1) is 0 Å². The molecule has 0 amide bonds. The zero-order valence-corrected chi connectivity index (χ0v) is 10.8. The minimum Gasteiger partial charge on any atom is -0.327 e. The molecule has 2 heteroatoms. The van der Waals surface area contributed by atoms with E-state index >= 15 is 0 Å². The van der Waals surface area contributed by atoms with Gasteiger partial charge in [0.25, 0.3) is 0 Å². The second-order valence-electron chi connectivity index (χ2n) is 5.03. The van der Waals surface area contributed by atoms with E-state index in [0.717, 1.165) is 0 Å². The Bertz CT molecular complexity index is 115. The van der Waals surface area contributed by atoms with E-state index in [9.17, 15) is 0 Å². The van der Waals surface area contributed by atoms with E-state index in [4.69, 9.17) is 0 Å². The van der Waals surface area contributed by atoms with Crippen LogP contribution in [0, 0.1) is 5.41 Å². The fraction of sp³-hybridized carbons (Fsp3) is 1.00. The first-order valence-electron chi connectivity index (χ1n) is 5.11. The minimum atomic E-state index is -0.542. The van der Waals surface area contributed by atoms with Crippen molar-refractivity contribution in [3.05, 3.63) is 0 Å². The first kappa shape index (κ1) is 12.2. The van der Waals surface area contributed by atoms with Crippen molar-refractivity contribution in [3.63, 3.8) is 0 Å². The van der Waals surface area contributed by atoms with E-state index in [0.29, 0.717) is 5.41 Å². The Balaban J connectivity index is 3.73. The van der Waals surface area contributed by atoms with Crippen LogP contribution in [0.15, 0.2) is 0 Å². The third-order valence-corrected chi connectivity index (χ3v) is 4.37. The Labute approximate surface area is 79.8 Å². The molecule has 0 aliphatic heterocycles. The summed E-state index contributed by atoms with van der Waals surface area (Å²) in [5.41, 5.74) is 0.497. The summed E-state index contributed by atoms with van der Waals surface area (Å²) in [4.78, 5) is 0. The molecule has 1 nitrogen and oxygen atoms in total. The maximum Gasteiger partial charge on any atom is 0.105 e. The summed E-state index contributed by atoms with van der Waals surface area (Å²) in [6.45, 7) is 16.6. The molecule has 0 saturated carbocycles. The van der Waals surface area contributed by atoms with Crippen molar-refractivity contribution in [1.29, 1.82) is 0 Å². The van der Waals surface area contributed by atoms with E-state index in [1.807, 2.05) is 0 Å². The SMILES string of the molecule is CCN(CCC(C)(C)C)[SiH](C)C. The summed E-state index contributed by atoms with van der Waals surface area (Å²) in [5.74, 6) is 0. The van der Waals surface area contributed by atoms with Gasteiger partial charge in [-0.1, -0.05) is 40.8 Å². The molecule has 0 spiro atoms. The van der Waals surface area contributed by atoms with Crippen LogP contribution >= 0.6 is 0 Å². The van der Waals surface area contributed by atoms with Crippen LogP contribution in [0.5, 0.6) is 0 Å². The van der Waals surface area contributed by atoms with E-state index in [-0.39, 0.29) is 0 Å². The lowest BCUT2D eigenvalue weighted by Crippen LogP contribution is -2.36. The molecule has 0 aromatic rings. The van der Waals surface area contributed by atoms with Gasteiger partial charge in [0.15, 0.2) is 0 Å². The topological polar surface area (TPSA) is 3.24 Å². The van der Waals surface area contributed by atoms with E-state index in [1.165, 1.54) is 19.5 Å². The lowest BCUT2D eigenvalue weighted by molar-refractivity contribution is 0.318. The molecule has 0 aliphatic carbocycles. The van der Waals surface area contributed by atoms with Crippen LogP contribution in [0.3, 0.4) is 0 Å². The highest BCUT2D eigenvalue weighted by atomic mass is 28.3. The largest absolute Gasteiger partial charge is 0.327 e. The van der Waals surface area contributed by atoms with E-state index in [1.54, 1.807) is 0 Å². The zero-order valence-electron chi connectivity index (χ0n) is 9.65. The minimum absolute atomic E-state index is 0.497. The molecule has 0 aromatic heterocycles. The standard InChI is InChI=1S/C10H25NSi/c1-7-11(12(5)6)9-8-10(2,3)4/h12H,7-9H2,1-6H3. The molecule has 0 rings (SSSR count). The first-order valence-corrected chi connectivity index (χ1v) is 7.93. The molecular formula is C10H25NSi. The molecule has 0 saturated heterocycles. The monoisotopic (exact) mass is 187 g/mol. The Kier molecular flexibility index (Phi) is 5.10. The average Bonchev–Trinajstić information content (AvgIpc) is 1.85. The number of rotatable bonds is 4. The van der Waals surface area contributed by atoms with Crippen LogP contribution < -0.4 is 0 Å². The van der Waals surface area contributed by atoms with Gasteiger partial charge < -0.3 is 4.57 Å². The first-order chi connectivity index (χ1) is 5.37. The summed E-state index contributed by atoms with van der Waals surface area (Å²) in [6.07, 6.45) is 1.33. The van der Waals surface area contributed by atoms with Gasteiger partial charge in [-0.05, 0) is 24.9 Å². The van der Waals surface area contributed by atoms with Gasteiger partial charge in [0.1, 0.15) is 8.96 Å². The normalized spacial score (nSPS) is 13.0. The van der Waals surface area contributed by atoms with Crippen LogP contribution in [-0.4, -0.2) is 26.6 Å². The molecule has 0 atom stereocenters. The van der Waals surface area contributed by atoms with Crippen molar-refractivity contribution in [2.45, 2.75) is 47.2 Å². The highest BCUT2D eigenvalue weighted by Crippen LogP contribution is 2.18. The second-order valence-corrected chi connectivity index (χ2v) is 7.95. The Hall–Kier alpha value is 0.177. The fourth-order valence-electron chi connectivity index (χ4n) is 1.26. The molecule has 0 radical (unpaired) electrons. The van der Waals surface area contributed by atoms with Crippen molar-refractivity contribution in [1.82, 2.24) is 4.57 Å². The highest BCUT2D eigenvalue weighted by molar-refractivity contribution is 6.52. The molecule has 74 valence electrons. The summed E-state index contributed by atoms with van der Waals surface area (Å²) in [5, 5.41) is 0. The third-order valence-electron chi connectivity index (χ3n) is 2.29. The van der Waals surface area contributed by atoms with Crippen LogP contribution in [0.25, 0.3) is 0 Å². The van der Waals surface area contributed by atoms with Gasteiger partial charge in [-0.3, -0.25) is 0 Å². The van der Waals surface area contributed by atoms with Gasteiger partial charge in [0, 0.05) is 0 Å². The summed E-state index contributed by atoms with van der Waals surface area (Å²) in [6, 6.07) is 0. The quantitative estimate of drug-likeness (QED) is 0.612. The van der Waals surface area contributed by atoms with Crippen molar-refractivity contribution >= 4 is 8.96 Å². The number of hydrogen-bond donors (Lipinski definition) is 0. The van der Waals surface area contributed by atoms with Crippen LogP contribution in [0.1, 0.15) is 34.1 Å². The summed E-state index contributed by atoms with van der Waals surface area (Å²) < 4.78 is 2.66. The molecule has 0 N–H and O–H groups in total. The van der Waals surface area contributed by atoms with Crippen LogP contribution in [0.4, 0.5) is 0 Å². The lowest BCUT2D eigenvalue weighted by atomic mass is 9.92. The maximum atomic E-state index is 2.66. The van der Waals surface area contributed by atoms with Gasteiger partial charge >= 0.3 is 0 Å². The fourth-order valence-corrected chi connectivity index (χ4v) is 2.64. The Morgan fingerprint density at radius 3 is 1.92 bits per heavy atom. The summed E-state index contributed by atoms with van der Waals surface area (Å²) in [7, 11) is -0.542.